The van der Waals surface area contributed by atoms with Crippen LogP contribution >= 0.6 is 15.9 Å². The quantitative estimate of drug-likeness (QED) is 0.575. The van der Waals surface area contributed by atoms with Crippen LogP contribution in [0.1, 0.15) is 18.1 Å². The fraction of sp³-hybridized carbons (Fsp3) is 0.158. The number of aromatic hydroxyl groups is 1. The van der Waals surface area contributed by atoms with Gasteiger partial charge in [-0.1, -0.05) is 12.1 Å². The Hall–Kier alpha value is -2.78. The summed E-state index contributed by atoms with van der Waals surface area (Å²) in [6, 6.07) is 12.4. The smallest absolute Gasteiger partial charge is 0.266 e. The van der Waals surface area contributed by atoms with E-state index in [4.69, 9.17) is 4.74 Å². The summed E-state index contributed by atoms with van der Waals surface area (Å²) in [5, 5.41) is 22.0. The molecule has 2 N–H and O–H groups in total. The van der Waals surface area contributed by atoms with Crippen LogP contribution in [-0.4, -0.2) is 17.6 Å². The number of phenols is 1. The van der Waals surface area contributed by atoms with Crippen LogP contribution in [0.4, 0.5) is 5.69 Å². The van der Waals surface area contributed by atoms with E-state index in [9.17, 15) is 15.2 Å². The van der Waals surface area contributed by atoms with Gasteiger partial charge in [-0.25, -0.2) is 0 Å². The normalized spacial score (nSPS) is 10.9. The second-order valence-corrected chi connectivity index (χ2v) is 6.13. The number of carbonyl (C=O) groups excluding carboxylic acids is 1. The van der Waals surface area contributed by atoms with Crippen molar-refractivity contribution in [3.63, 3.8) is 0 Å². The van der Waals surface area contributed by atoms with Crippen LogP contribution in [0.25, 0.3) is 6.08 Å². The maximum Gasteiger partial charge on any atom is 0.266 e. The molecular formula is C19H17BrN2O3. The highest BCUT2D eigenvalue weighted by Crippen LogP contribution is 2.36. The van der Waals surface area contributed by atoms with Gasteiger partial charge in [-0.2, -0.15) is 5.26 Å². The molecule has 5 nitrogen and oxygen atoms in total. The molecule has 0 radical (unpaired) electrons. The fourth-order valence-corrected chi connectivity index (χ4v) is 2.64. The minimum atomic E-state index is -0.504. The maximum atomic E-state index is 12.3. The number of rotatable bonds is 5. The first-order valence-electron chi connectivity index (χ1n) is 7.59. The number of ether oxygens (including phenoxy) is 1. The summed E-state index contributed by atoms with van der Waals surface area (Å²) in [6.45, 7) is 4.10. The number of nitrogens with zero attached hydrogens (tertiary/aromatic N) is 1. The zero-order valence-electron chi connectivity index (χ0n) is 13.8. The summed E-state index contributed by atoms with van der Waals surface area (Å²) in [6.07, 6.45) is 1.44. The molecule has 0 heterocycles. The predicted octanol–water partition coefficient (Wildman–Crippen LogP) is 4.41. The van der Waals surface area contributed by atoms with Gasteiger partial charge < -0.3 is 15.2 Å². The minimum Gasteiger partial charge on any atom is -0.503 e. The number of hydrogen-bond acceptors (Lipinski definition) is 4. The molecule has 1 amide bonds. The molecule has 0 bridgehead atoms. The molecular weight excluding hydrogens is 384 g/mol. The van der Waals surface area contributed by atoms with Crippen LogP contribution in [0.2, 0.25) is 0 Å². The van der Waals surface area contributed by atoms with Crippen molar-refractivity contribution in [3.05, 3.63) is 57.6 Å². The fourth-order valence-electron chi connectivity index (χ4n) is 2.18. The second-order valence-electron chi connectivity index (χ2n) is 5.28. The Balaban J connectivity index is 2.30. The number of amides is 1. The van der Waals surface area contributed by atoms with Crippen molar-refractivity contribution in [1.29, 1.82) is 5.26 Å². The van der Waals surface area contributed by atoms with E-state index in [1.54, 1.807) is 25.1 Å². The van der Waals surface area contributed by atoms with E-state index in [1.165, 1.54) is 6.08 Å². The Morgan fingerprint density at radius 1 is 1.40 bits per heavy atom. The molecule has 128 valence electrons. The number of aryl methyl sites for hydroxylation is 1. The van der Waals surface area contributed by atoms with Crippen molar-refractivity contribution in [3.8, 4) is 17.6 Å². The topological polar surface area (TPSA) is 82.3 Å². The Morgan fingerprint density at radius 3 is 2.80 bits per heavy atom. The monoisotopic (exact) mass is 400 g/mol. The summed E-state index contributed by atoms with van der Waals surface area (Å²) in [7, 11) is 0. The highest BCUT2D eigenvalue weighted by Gasteiger charge is 2.12. The van der Waals surface area contributed by atoms with Gasteiger partial charge in [0.2, 0.25) is 0 Å². The number of nitriles is 1. The number of hydrogen-bond donors (Lipinski definition) is 2. The number of benzene rings is 2. The van der Waals surface area contributed by atoms with Crippen LogP contribution in [0.3, 0.4) is 0 Å². The Morgan fingerprint density at radius 2 is 2.16 bits per heavy atom. The maximum absolute atomic E-state index is 12.3. The van der Waals surface area contributed by atoms with E-state index in [2.05, 4.69) is 21.2 Å². The molecule has 0 aromatic heterocycles. The molecule has 0 spiro atoms. The van der Waals surface area contributed by atoms with Crippen LogP contribution in [0, 0.1) is 18.3 Å². The Labute approximate surface area is 154 Å². The van der Waals surface area contributed by atoms with Crippen LogP contribution in [0.15, 0.2) is 46.4 Å². The first-order valence-corrected chi connectivity index (χ1v) is 8.39. The van der Waals surface area contributed by atoms with Gasteiger partial charge in [0.05, 0.1) is 11.1 Å². The van der Waals surface area contributed by atoms with Crippen LogP contribution < -0.4 is 10.1 Å². The lowest BCUT2D eigenvalue weighted by Gasteiger charge is -2.09. The van der Waals surface area contributed by atoms with E-state index in [-0.39, 0.29) is 17.1 Å². The van der Waals surface area contributed by atoms with Gasteiger partial charge in [0.15, 0.2) is 11.5 Å². The number of phenolic OH excluding ortho intramolecular Hbond substituents is 1. The standard InChI is InChI=1S/C19H17BrN2O3/c1-3-25-17-10-13(9-16(20)18(17)23)8-14(11-21)19(24)22-15-6-4-5-12(2)7-15/h4-10,23H,3H2,1-2H3,(H,22,24)/b14-8-. The first-order chi connectivity index (χ1) is 11.9. The first kappa shape index (κ1) is 18.6. The van der Waals surface area contributed by atoms with Crippen LogP contribution in [0.5, 0.6) is 11.5 Å². The van der Waals surface area contributed by atoms with E-state index in [0.29, 0.717) is 22.3 Å². The number of halogens is 1. The van der Waals surface area contributed by atoms with Crippen molar-refractivity contribution in [1.82, 2.24) is 0 Å². The SMILES string of the molecule is CCOc1cc(/C=C(/C#N)C(=O)Nc2cccc(C)c2)cc(Br)c1O. The summed E-state index contributed by atoms with van der Waals surface area (Å²) in [5.41, 5.74) is 2.13. The molecule has 0 saturated heterocycles. The van der Waals surface area contributed by atoms with Gasteiger partial charge in [-0.05, 0) is 71.2 Å². The average Bonchev–Trinajstić information content (AvgIpc) is 2.57. The number of nitrogens with one attached hydrogen (secondary N) is 1. The molecule has 25 heavy (non-hydrogen) atoms. The van der Waals surface area contributed by atoms with Crippen molar-refractivity contribution < 1.29 is 14.6 Å². The zero-order valence-corrected chi connectivity index (χ0v) is 15.4. The lowest BCUT2D eigenvalue weighted by Crippen LogP contribution is -2.13. The second kappa shape index (κ2) is 8.36. The molecule has 0 unspecified atom stereocenters. The highest BCUT2D eigenvalue weighted by molar-refractivity contribution is 9.10. The third-order valence-corrected chi connectivity index (χ3v) is 3.91. The summed E-state index contributed by atoms with van der Waals surface area (Å²) in [4.78, 5) is 12.3. The molecule has 0 saturated carbocycles. The van der Waals surface area contributed by atoms with E-state index in [1.807, 2.05) is 31.2 Å². The largest absolute Gasteiger partial charge is 0.503 e. The third-order valence-electron chi connectivity index (χ3n) is 3.30. The average molecular weight is 401 g/mol. The lowest BCUT2D eigenvalue weighted by molar-refractivity contribution is -0.112. The van der Waals surface area contributed by atoms with Crippen LogP contribution in [-0.2, 0) is 4.79 Å². The molecule has 2 rings (SSSR count). The van der Waals surface area contributed by atoms with Crippen molar-refractivity contribution in [2.45, 2.75) is 13.8 Å². The van der Waals surface area contributed by atoms with Gasteiger partial charge in [-0.15, -0.1) is 0 Å². The Kier molecular flexibility index (Phi) is 6.20. The van der Waals surface area contributed by atoms with Crippen molar-refractivity contribution >= 4 is 33.6 Å². The van der Waals surface area contributed by atoms with E-state index >= 15 is 0 Å². The molecule has 2 aromatic carbocycles. The van der Waals surface area contributed by atoms with Gasteiger partial charge in [0.1, 0.15) is 11.6 Å². The molecule has 0 aliphatic rings. The number of carbonyl (C=O) groups is 1. The molecule has 6 heteroatoms. The summed E-state index contributed by atoms with van der Waals surface area (Å²) in [5.74, 6) is -0.253. The third kappa shape index (κ3) is 4.85. The van der Waals surface area contributed by atoms with Crippen molar-refractivity contribution in [2.75, 3.05) is 11.9 Å². The van der Waals surface area contributed by atoms with Crippen molar-refractivity contribution in [2.24, 2.45) is 0 Å². The molecule has 0 aliphatic carbocycles. The summed E-state index contributed by atoms with van der Waals surface area (Å²) >= 11 is 3.23. The predicted molar refractivity (Wildman–Crippen MR) is 100 cm³/mol. The minimum absolute atomic E-state index is 0.0262. The van der Waals surface area contributed by atoms with Gasteiger partial charge in [0, 0.05) is 5.69 Å². The summed E-state index contributed by atoms with van der Waals surface area (Å²) < 4.78 is 5.77. The van der Waals surface area contributed by atoms with Gasteiger partial charge >= 0.3 is 0 Å². The van der Waals surface area contributed by atoms with Gasteiger partial charge in [0.25, 0.3) is 5.91 Å². The Bertz CT molecular complexity index is 869. The molecule has 0 fully saturated rings. The molecule has 0 aliphatic heterocycles. The van der Waals surface area contributed by atoms with Gasteiger partial charge in [-0.3, -0.25) is 4.79 Å². The zero-order chi connectivity index (χ0) is 18.4. The lowest BCUT2D eigenvalue weighted by atomic mass is 10.1. The molecule has 0 atom stereocenters. The highest BCUT2D eigenvalue weighted by atomic mass is 79.9. The molecule has 2 aromatic rings. The number of anilines is 1. The van der Waals surface area contributed by atoms with E-state index in [0.717, 1.165) is 5.56 Å². The van der Waals surface area contributed by atoms with E-state index < -0.39 is 5.91 Å².